The van der Waals surface area contributed by atoms with Crippen LogP contribution in [0.4, 0.5) is 0 Å². The van der Waals surface area contributed by atoms with Gasteiger partial charge in [-0.05, 0) is 37.5 Å². The van der Waals surface area contributed by atoms with Crippen LogP contribution in [0.3, 0.4) is 0 Å². The van der Waals surface area contributed by atoms with Gasteiger partial charge in [-0.2, -0.15) is 0 Å². The number of carbonyl (C=O) groups is 2. The van der Waals surface area contributed by atoms with Crippen molar-refractivity contribution < 1.29 is 14.7 Å². The van der Waals surface area contributed by atoms with Gasteiger partial charge in [0.2, 0.25) is 5.91 Å². The number of nitrogens with two attached hydrogens (primary N) is 1. The molecule has 1 aliphatic rings. The Balaban J connectivity index is 2.90. The Bertz CT molecular complexity index is 408. The van der Waals surface area contributed by atoms with Crippen LogP contribution < -0.4 is 11.1 Å². The second kappa shape index (κ2) is 6.34. The van der Waals surface area contributed by atoms with Gasteiger partial charge in [-0.25, -0.2) is 4.79 Å². The van der Waals surface area contributed by atoms with Gasteiger partial charge in [-0.3, -0.25) is 4.79 Å². The summed E-state index contributed by atoms with van der Waals surface area (Å²) in [4.78, 5) is 24.1. The quantitative estimate of drug-likeness (QED) is 0.725. The van der Waals surface area contributed by atoms with Crippen molar-refractivity contribution in [3.63, 3.8) is 0 Å². The maximum atomic E-state index is 12.6. The molecule has 0 aromatic rings. The molecular formula is C16H30N2O3. The van der Waals surface area contributed by atoms with Gasteiger partial charge in [0, 0.05) is 12.0 Å². The summed E-state index contributed by atoms with van der Waals surface area (Å²) in [6.07, 6.45) is 2.65. The van der Waals surface area contributed by atoms with E-state index in [-0.39, 0.29) is 29.2 Å². The first-order valence-corrected chi connectivity index (χ1v) is 7.87. The lowest BCUT2D eigenvalue weighted by molar-refractivity contribution is -0.149. The third-order valence-corrected chi connectivity index (χ3v) is 5.44. The summed E-state index contributed by atoms with van der Waals surface area (Å²) in [5, 5.41) is 12.2. The van der Waals surface area contributed by atoms with Crippen molar-refractivity contribution in [2.24, 2.45) is 23.0 Å². The van der Waals surface area contributed by atoms with E-state index in [1.165, 1.54) is 0 Å². The number of amides is 1. The first-order valence-electron chi connectivity index (χ1n) is 7.87. The topological polar surface area (TPSA) is 92.4 Å². The molecule has 1 rings (SSSR count). The van der Waals surface area contributed by atoms with Crippen molar-refractivity contribution in [1.82, 2.24) is 5.32 Å². The number of hydrogen-bond acceptors (Lipinski definition) is 3. The highest BCUT2D eigenvalue weighted by molar-refractivity contribution is 5.88. The zero-order valence-corrected chi connectivity index (χ0v) is 13.9. The van der Waals surface area contributed by atoms with Gasteiger partial charge < -0.3 is 16.2 Å². The van der Waals surface area contributed by atoms with E-state index in [0.29, 0.717) is 19.3 Å². The number of aliphatic carboxylic acids is 1. The minimum Gasteiger partial charge on any atom is -0.480 e. The Morgan fingerprint density at radius 2 is 1.95 bits per heavy atom. The smallest absolute Gasteiger partial charge is 0.329 e. The van der Waals surface area contributed by atoms with Crippen LogP contribution in [0.1, 0.15) is 60.3 Å². The molecule has 5 nitrogen and oxygen atoms in total. The standard InChI is InChI=1S/C16H30N2O3/c1-6-9-16(5,14(20)21)18-13(19)11-7-8-12(17)10(2)15(11,3)4/h10-12H,6-9,17H2,1-5H3,(H,18,19)(H,20,21). The lowest BCUT2D eigenvalue weighted by Crippen LogP contribution is -2.58. The number of nitrogens with one attached hydrogen (secondary N) is 1. The Labute approximate surface area is 127 Å². The summed E-state index contributed by atoms with van der Waals surface area (Å²) < 4.78 is 0. The summed E-state index contributed by atoms with van der Waals surface area (Å²) in [7, 11) is 0. The summed E-state index contributed by atoms with van der Waals surface area (Å²) in [5.41, 5.74) is 4.70. The van der Waals surface area contributed by atoms with E-state index in [4.69, 9.17) is 5.73 Å². The van der Waals surface area contributed by atoms with E-state index < -0.39 is 11.5 Å². The minimum absolute atomic E-state index is 0.102. The van der Waals surface area contributed by atoms with Crippen LogP contribution in [-0.2, 0) is 9.59 Å². The number of carbonyl (C=O) groups excluding carboxylic acids is 1. The van der Waals surface area contributed by atoms with Gasteiger partial charge in [0.05, 0.1) is 0 Å². The number of carboxylic acids is 1. The van der Waals surface area contributed by atoms with Gasteiger partial charge >= 0.3 is 5.97 Å². The maximum Gasteiger partial charge on any atom is 0.329 e. The monoisotopic (exact) mass is 298 g/mol. The van der Waals surface area contributed by atoms with Gasteiger partial charge in [0.25, 0.3) is 0 Å². The molecule has 5 heteroatoms. The van der Waals surface area contributed by atoms with E-state index in [0.717, 1.165) is 6.42 Å². The van der Waals surface area contributed by atoms with Gasteiger partial charge in [0.1, 0.15) is 5.54 Å². The number of rotatable bonds is 5. The fourth-order valence-corrected chi connectivity index (χ4v) is 3.40. The lowest BCUT2D eigenvalue weighted by Gasteiger charge is -2.46. The van der Waals surface area contributed by atoms with E-state index >= 15 is 0 Å². The Kier molecular flexibility index (Phi) is 5.42. The van der Waals surface area contributed by atoms with Crippen LogP contribution in [0, 0.1) is 17.3 Å². The Morgan fingerprint density at radius 1 is 1.38 bits per heavy atom. The molecule has 1 aliphatic carbocycles. The number of carboxylic acid groups (broad SMARTS) is 1. The molecule has 0 spiro atoms. The van der Waals surface area contributed by atoms with Crippen LogP contribution in [0.15, 0.2) is 0 Å². The van der Waals surface area contributed by atoms with Crippen LogP contribution in [0.5, 0.6) is 0 Å². The first kappa shape index (κ1) is 18.0. The molecule has 0 heterocycles. The summed E-state index contributed by atoms with van der Waals surface area (Å²) in [5.74, 6) is -1.10. The van der Waals surface area contributed by atoms with Crippen LogP contribution in [-0.4, -0.2) is 28.6 Å². The highest BCUT2D eigenvalue weighted by Gasteiger charge is 2.47. The summed E-state index contributed by atoms with van der Waals surface area (Å²) in [6.45, 7) is 9.69. The molecule has 0 radical (unpaired) electrons. The molecule has 21 heavy (non-hydrogen) atoms. The molecular weight excluding hydrogens is 268 g/mol. The second-order valence-corrected chi connectivity index (χ2v) is 7.28. The third-order valence-electron chi connectivity index (χ3n) is 5.44. The van der Waals surface area contributed by atoms with Crippen molar-refractivity contribution in [1.29, 1.82) is 0 Å². The molecule has 0 aromatic heterocycles. The van der Waals surface area contributed by atoms with Gasteiger partial charge in [-0.15, -0.1) is 0 Å². The van der Waals surface area contributed by atoms with Crippen molar-refractivity contribution in [2.45, 2.75) is 71.9 Å². The molecule has 0 aliphatic heterocycles. The van der Waals surface area contributed by atoms with Crippen molar-refractivity contribution in [3.05, 3.63) is 0 Å². The molecule has 1 amide bonds. The van der Waals surface area contributed by atoms with Crippen molar-refractivity contribution >= 4 is 11.9 Å². The molecule has 4 N–H and O–H groups in total. The maximum absolute atomic E-state index is 12.6. The average Bonchev–Trinajstić information content (AvgIpc) is 2.35. The molecule has 4 atom stereocenters. The third kappa shape index (κ3) is 3.57. The predicted octanol–water partition coefficient (Wildman–Crippen LogP) is 2.15. The minimum atomic E-state index is -1.19. The highest BCUT2D eigenvalue weighted by Crippen LogP contribution is 2.44. The van der Waals surface area contributed by atoms with Crippen LogP contribution in [0.25, 0.3) is 0 Å². The molecule has 1 fully saturated rings. The fourth-order valence-electron chi connectivity index (χ4n) is 3.40. The lowest BCUT2D eigenvalue weighted by atomic mass is 9.60. The Hall–Kier alpha value is -1.10. The largest absolute Gasteiger partial charge is 0.480 e. The zero-order chi connectivity index (χ0) is 16.4. The molecule has 0 aromatic carbocycles. The molecule has 4 unspecified atom stereocenters. The van der Waals surface area contributed by atoms with Crippen molar-refractivity contribution in [2.75, 3.05) is 0 Å². The van der Waals surface area contributed by atoms with Crippen LogP contribution in [0.2, 0.25) is 0 Å². The second-order valence-electron chi connectivity index (χ2n) is 7.28. The number of hydrogen-bond donors (Lipinski definition) is 3. The SMILES string of the molecule is CCCC(C)(NC(=O)C1CCC(N)C(C)C1(C)C)C(=O)O. The molecule has 0 bridgehead atoms. The summed E-state index contributed by atoms with van der Waals surface area (Å²) >= 11 is 0. The van der Waals surface area contributed by atoms with E-state index in [1.807, 2.05) is 6.92 Å². The van der Waals surface area contributed by atoms with E-state index in [1.54, 1.807) is 6.92 Å². The molecule has 1 saturated carbocycles. The molecule has 0 saturated heterocycles. The van der Waals surface area contributed by atoms with Gasteiger partial charge in [-0.1, -0.05) is 34.1 Å². The highest BCUT2D eigenvalue weighted by atomic mass is 16.4. The fraction of sp³-hybridized carbons (Fsp3) is 0.875. The average molecular weight is 298 g/mol. The zero-order valence-electron chi connectivity index (χ0n) is 13.9. The Morgan fingerprint density at radius 3 is 2.43 bits per heavy atom. The predicted molar refractivity (Wildman–Crippen MR) is 82.7 cm³/mol. The first-order chi connectivity index (χ1) is 9.56. The molecule has 122 valence electrons. The van der Waals surface area contributed by atoms with Gasteiger partial charge in [0.15, 0.2) is 0 Å². The normalized spacial score (nSPS) is 31.2. The van der Waals surface area contributed by atoms with Crippen LogP contribution >= 0.6 is 0 Å². The van der Waals surface area contributed by atoms with E-state index in [9.17, 15) is 14.7 Å². The van der Waals surface area contributed by atoms with Crippen molar-refractivity contribution in [3.8, 4) is 0 Å². The van der Waals surface area contributed by atoms with E-state index in [2.05, 4.69) is 26.1 Å². The summed E-state index contributed by atoms with van der Waals surface area (Å²) in [6, 6.07) is 0.102.